The number of nitriles is 1. The molecule has 1 atom stereocenters. The van der Waals surface area contributed by atoms with Gasteiger partial charge in [-0.15, -0.1) is 0 Å². The number of carbonyl (C=O) groups excluding carboxylic acids is 2. The van der Waals surface area contributed by atoms with E-state index in [0.29, 0.717) is 6.42 Å². The lowest BCUT2D eigenvalue weighted by molar-refractivity contribution is -0.134. The standard InChI is InChI=1S/C18H25N5O4S/c1-13(2)11-15(21-18(20)25)17(24)22-7-9-23(10-8-22)28(26,27)16-6-4-3-5-14(16)12-19/h3-6,13,15H,7-11H2,1-2H3,(H3,20,21,25)/t15-/m0/s1. The van der Waals surface area contributed by atoms with Crippen LogP contribution in [0.2, 0.25) is 0 Å². The Morgan fingerprint density at radius 1 is 1.21 bits per heavy atom. The van der Waals surface area contributed by atoms with Gasteiger partial charge < -0.3 is 16.0 Å². The highest BCUT2D eigenvalue weighted by Crippen LogP contribution is 2.21. The number of benzene rings is 1. The Hall–Kier alpha value is -2.64. The zero-order valence-electron chi connectivity index (χ0n) is 16.0. The summed E-state index contributed by atoms with van der Waals surface area (Å²) in [6.45, 7) is 4.47. The van der Waals surface area contributed by atoms with Crippen LogP contribution in [0.5, 0.6) is 0 Å². The first-order chi connectivity index (χ1) is 13.2. The van der Waals surface area contributed by atoms with E-state index in [-0.39, 0.29) is 48.5 Å². The van der Waals surface area contributed by atoms with Crippen molar-refractivity contribution in [3.05, 3.63) is 29.8 Å². The minimum Gasteiger partial charge on any atom is -0.352 e. The van der Waals surface area contributed by atoms with Crippen LogP contribution in [0.3, 0.4) is 0 Å². The van der Waals surface area contributed by atoms with E-state index in [0.717, 1.165) is 0 Å². The second-order valence-corrected chi connectivity index (χ2v) is 8.93. The third-order valence-electron chi connectivity index (χ3n) is 4.50. The van der Waals surface area contributed by atoms with Crippen molar-refractivity contribution in [3.8, 4) is 6.07 Å². The molecule has 152 valence electrons. The molecule has 1 aliphatic rings. The molecule has 1 saturated heterocycles. The van der Waals surface area contributed by atoms with Crippen LogP contribution in [0.1, 0.15) is 25.8 Å². The zero-order valence-corrected chi connectivity index (χ0v) is 16.8. The Bertz CT molecular complexity index is 870. The fraction of sp³-hybridized carbons (Fsp3) is 0.500. The van der Waals surface area contributed by atoms with Gasteiger partial charge in [0.1, 0.15) is 12.1 Å². The Kier molecular flexibility index (Phi) is 6.99. The molecule has 0 unspecified atom stereocenters. The van der Waals surface area contributed by atoms with E-state index in [1.54, 1.807) is 12.1 Å². The van der Waals surface area contributed by atoms with Crippen LogP contribution in [0.15, 0.2) is 29.2 Å². The van der Waals surface area contributed by atoms with Crippen LogP contribution >= 0.6 is 0 Å². The molecule has 3 amide bonds. The van der Waals surface area contributed by atoms with Crippen molar-refractivity contribution in [1.29, 1.82) is 5.26 Å². The van der Waals surface area contributed by atoms with E-state index < -0.39 is 22.1 Å². The number of piperazine rings is 1. The fourth-order valence-electron chi connectivity index (χ4n) is 3.16. The van der Waals surface area contributed by atoms with E-state index in [1.165, 1.54) is 21.3 Å². The molecule has 1 heterocycles. The largest absolute Gasteiger partial charge is 0.352 e. The number of nitrogens with zero attached hydrogens (tertiary/aromatic N) is 3. The molecule has 1 aromatic rings. The van der Waals surface area contributed by atoms with Gasteiger partial charge in [0.15, 0.2) is 0 Å². The molecule has 0 aromatic heterocycles. The smallest absolute Gasteiger partial charge is 0.312 e. The maximum atomic E-state index is 12.9. The summed E-state index contributed by atoms with van der Waals surface area (Å²) in [5.74, 6) is -0.105. The van der Waals surface area contributed by atoms with Crippen LogP contribution in [0.25, 0.3) is 0 Å². The molecule has 0 aliphatic carbocycles. The van der Waals surface area contributed by atoms with Gasteiger partial charge in [0.25, 0.3) is 0 Å². The Labute approximate surface area is 165 Å². The van der Waals surface area contributed by atoms with E-state index in [2.05, 4.69) is 5.32 Å². The molecule has 0 spiro atoms. The number of urea groups is 1. The van der Waals surface area contributed by atoms with Crippen LogP contribution in [0.4, 0.5) is 4.79 Å². The summed E-state index contributed by atoms with van der Waals surface area (Å²) in [4.78, 5) is 25.4. The Morgan fingerprint density at radius 2 is 1.82 bits per heavy atom. The second-order valence-electron chi connectivity index (χ2n) is 7.03. The highest BCUT2D eigenvalue weighted by molar-refractivity contribution is 7.89. The number of rotatable bonds is 6. The summed E-state index contributed by atoms with van der Waals surface area (Å²) in [5, 5.41) is 11.6. The van der Waals surface area contributed by atoms with E-state index >= 15 is 0 Å². The van der Waals surface area contributed by atoms with Gasteiger partial charge in [0, 0.05) is 26.2 Å². The number of carbonyl (C=O) groups is 2. The summed E-state index contributed by atoms with van der Waals surface area (Å²) < 4.78 is 27.0. The van der Waals surface area contributed by atoms with Crippen molar-refractivity contribution in [3.63, 3.8) is 0 Å². The van der Waals surface area contributed by atoms with Crippen molar-refractivity contribution < 1.29 is 18.0 Å². The lowest BCUT2D eigenvalue weighted by Gasteiger charge is -2.36. The van der Waals surface area contributed by atoms with Crippen LogP contribution in [0, 0.1) is 17.2 Å². The predicted octanol–water partition coefficient (Wildman–Crippen LogP) is 0.474. The average molecular weight is 407 g/mol. The molecule has 1 aromatic carbocycles. The van der Waals surface area contributed by atoms with Gasteiger partial charge >= 0.3 is 6.03 Å². The molecule has 1 fully saturated rings. The molecule has 9 nitrogen and oxygen atoms in total. The van der Waals surface area contributed by atoms with Gasteiger partial charge in [-0.3, -0.25) is 4.79 Å². The Morgan fingerprint density at radius 3 is 2.36 bits per heavy atom. The number of hydrogen-bond acceptors (Lipinski definition) is 5. The van der Waals surface area contributed by atoms with E-state index in [4.69, 9.17) is 11.0 Å². The summed E-state index contributed by atoms with van der Waals surface area (Å²) >= 11 is 0. The summed E-state index contributed by atoms with van der Waals surface area (Å²) in [6, 6.07) is 6.43. The second kappa shape index (κ2) is 9.03. The third-order valence-corrected chi connectivity index (χ3v) is 6.45. The lowest BCUT2D eigenvalue weighted by atomic mass is 10.0. The van der Waals surface area contributed by atoms with Crippen molar-refractivity contribution in [1.82, 2.24) is 14.5 Å². The lowest BCUT2D eigenvalue weighted by Crippen LogP contribution is -2.56. The first-order valence-electron chi connectivity index (χ1n) is 9.00. The quantitative estimate of drug-likeness (QED) is 0.706. The molecule has 0 saturated carbocycles. The maximum Gasteiger partial charge on any atom is 0.312 e. The summed E-state index contributed by atoms with van der Waals surface area (Å²) in [6.07, 6.45) is 0.440. The van der Waals surface area contributed by atoms with Gasteiger partial charge in [-0.05, 0) is 24.5 Å². The van der Waals surface area contributed by atoms with Crippen LogP contribution < -0.4 is 11.1 Å². The minimum atomic E-state index is -3.83. The predicted molar refractivity (Wildman–Crippen MR) is 102 cm³/mol. The zero-order chi connectivity index (χ0) is 20.9. The SMILES string of the molecule is CC(C)C[C@H](NC(N)=O)C(=O)N1CCN(S(=O)(=O)c2ccccc2C#N)CC1. The molecule has 0 radical (unpaired) electrons. The number of nitrogens with two attached hydrogens (primary N) is 1. The molecular formula is C18H25N5O4S. The number of primary amides is 1. The monoisotopic (exact) mass is 407 g/mol. The van der Waals surface area contributed by atoms with Crippen molar-refractivity contribution >= 4 is 22.0 Å². The van der Waals surface area contributed by atoms with Crippen molar-refractivity contribution in [2.75, 3.05) is 26.2 Å². The van der Waals surface area contributed by atoms with Crippen molar-refractivity contribution in [2.45, 2.75) is 31.2 Å². The van der Waals surface area contributed by atoms with Crippen LogP contribution in [-0.2, 0) is 14.8 Å². The molecule has 28 heavy (non-hydrogen) atoms. The van der Waals surface area contributed by atoms with E-state index in [9.17, 15) is 18.0 Å². The Balaban J connectivity index is 2.10. The molecule has 10 heteroatoms. The highest BCUT2D eigenvalue weighted by Gasteiger charge is 2.34. The normalized spacial score (nSPS) is 16.4. The average Bonchev–Trinajstić information content (AvgIpc) is 2.66. The van der Waals surface area contributed by atoms with E-state index in [1.807, 2.05) is 19.9 Å². The first kappa shape index (κ1) is 21.7. The maximum absolute atomic E-state index is 12.9. The number of hydrogen-bond donors (Lipinski definition) is 2. The molecule has 3 N–H and O–H groups in total. The molecule has 2 rings (SSSR count). The van der Waals surface area contributed by atoms with Gasteiger partial charge in [0.05, 0.1) is 10.5 Å². The van der Waals surface area contributed by atoms with Gasteiger partial charge in [0.2, 0.25) is 15.9 Å². The molecule has 0 bridgehead atoms. The molecular weight excluding hydrogens is 382 g/mol. The van der Waals surface area contributed by atoms with Crippen molar-refractivity contribution in [2.24, 2.45) is 11.7 Å². The topological polar surface area (TPSA) is 137 Å². The molecule has 1 aliphatic heterocycles. The van der Waals surface area contributed by atoms with Gasteiger partial charge in [-0.25, -0.2) is 13.2 Å². The van der Waals surface area contributed by atoms with Crippen LogP contribution in [-0.4, -0.2) is 61.8 Å². The minimum absolute atomic E-state index is 0.0367. The number of nitrogens with one attached hydrogen (secondary N) is 1. The number of sulfonamides is 1. The highest BCUT2D eigenvalue weighted by atomic mass is 32.2. The fourth-order valence-corrected chi connectivity index (χ4v) is 4.72. The third kappa shape index (κ3) is 4.99. The number of amides is 3. The van der Waals surface area contributed by atoms with Gasteiger partial charge in [-0.2, -0.15) is 9.57 Å². The summed E-state index contributed by atoms with van der Waals surface area (Å²) in [7, 11) is -3.83. The van der Waals surface area contributed by atoms with Gasteiger partial charge in [-0.1, -0.05) is 26.0 Å². The summed E-state index contributed by atoms with van der Waals surface area (Å²) in [5.41, 5.74) is 5.26. The first-order valence-corrected chi connectivity index (χ1v) is 10.4.